The maximum Gasteiger partial charge on any atom is 0.407 e. The van der Waals surface area contributed by atoms with Gasteiger partial charge in [-0.25, -0.2) is 4.79 Å². The molecule has 1 amide bonds. The molecule has 0 unspecified atom stereocenters. The number of ketones is 1. The first-order chi connectivity index (χ1) is 7.99. The SMILES string of the molecule is CC(=O)[C@H]1CC[C@H](NC(=O)OCC(C)C)CC1. The maximum absolute atomic E-state index is 11.4. The average molecular weight is 241 g/mol. The van der Waals surface area contributed by atoms with Crippen LogP contribution in [0.25, 0.3) is 0 Å². The van der Waals surface area contributed by atoms with Crippen molar-refractivity contribution >= 4 is 11.9 Å². The molecule has 0 aromatic carbocycles. The number of amides is 1. The Labute approximate surface area is 103 Å². The first-order valence-electron chi connectivity index (χ1n) is 6.42. The van der Waals surface area contributed by atoms with E-state index in [2.05, 4.69) is 5.32 Å². The van der Waals surface area contributed by atoms with Gasteiger partial charge in [-0.3, -0.25) is 4.79 Å². The third kappa shape index (κ3) is 5.20. The van der Waals surface area contributed by atoms with Crippen molar-refractivity contribution in [2.24, 2.45) is 11.8 Å². The molecule has 1 rings (SSSR count). The first kappa shape index (κ1) is 14.0. The highest BCUT2D eigenvalue weighted by Crippen LogP contribution is 2.24. The van der Waals surface area contributed by atoms with E-state index in [4.69, 9.17) is 4.74 Å². The molecule has 0 spiro atoms. The fourth-order valence-corrected chi connectivity index (χ4v) is 2.09. The van der Waals surface area contributed by atoms with Crippen LogP contribution in [-0.2, 0) is 9.53 Å². The van der Waals surface area contributed by atoms with Gasteiger partial charge in [-0.05, 0) is 38.5 Å². The minimum atomic E-state index is -0.329. The van der Waals surface area contributed by atoms with Gasteiger partial charge in [-0.2, -0.15) is 0 Å². The lowest BCUT2D eigenvalue weighted by Gasteiger charge is -2.27. The van der Waals surface area contributed by atoms with Gasteiger partial charge in [0, 0.05) is 12.0 Å². The van der Waals surface area contributed by atoms with Crippen molar-refractivity contribution in [2.75, 3.05) is 6.61 Å². The van der Waals surface area contributed by atoms with E-state index >= 15 is 0 Å². The van der Waals surface area contributed by atoms with Crippen molar-refractivity contribution in [1.29, 1.82) is 0 Å². The number of ether oxygens (including phenoxy) is 1. The summed E-state index contributed by atoms with van der Waals surface area (Å²) in [6.45, 7) is 6.11. The quantitative estimate of drug-likeness (QED) is 0.822. The van der Waals surface area contributed by atoms with E-state index in [0.717, 1.165) is 25.7 Å². The summed E-state index contributed by atoms with van der Waals surface area (Å²) >= 11 is 0. The second-order valence-corrected chi connectivity index (χ2v) is 5.30. The molecule has 0 aliphatic heterocycles. The van der Waals surface area contributed by atoms with Gasteiger partial charge >= 0.3 is 6.09 Å². The largest absolute Gasteiger partial charge is 0.449 e. The van der Waals surface area contributed by atoms with E-state index < -0.39 is 0 Å². The molecule has 1 aliphatic carbocycles. The second kappa shape index (κ2) is 6.62. The van der Waals surface area contributed by atoms with Crippen LogP contribution in [0.1, 0.15) is 46.5 Å². The Hall–Kier alpha value is -1.06. The number of hydrogen-bond acceptors (Lipinski definition) is 3. The normalized spacial score (nSPS) is 24.5. The Morgan fingerprint density at radius 2 is 1.82 bits per heavy atom. The molecule has 1 fully saturated rings. The molecule has 0 aromatic heterocycles. The summed E-state index contributed by atoms with van der Waals surface area (Å²) in [7, 11) is 0. The van der Waals surface area contributed by atoms with Crippen molar-refractivity contribution in [3.63, 3.8) is 0 Å². The number of alkyl carbamates (subject to hydrolysis) is 1. The summed E-state index contributed by atoms with van der Waals surface area (Å²) in [5.41, 5.74) is 0. The van der Waals surface area contributed by atoms with Gasteiger partial charge in [0.1, 0.15) is 5.78 Å². The fraction of sp³-hybridized carbons (Fsp3) is 0.846. The molecule has 0 atom stereocenters. The van der Waals surface area contributed by atoms with Gasteiger partial charge in [0.25, 0.3) is 0 Å². The zero-order chi connectivity index (χ0) is 12.8. The van der Waals surface area contributed by atoms with E-state index in [1.54, 1.807) is 6.92 Å². The predicted molar refractivity (Wildman–Crippen MR) is 65.7 cm³/mol. The molecule has 0 radical (unpaired) electrons. The summed E-state index contributed by atoms with van der Waals surface area (Å²) < 4.78 is 5.06. The molecular weight excluding hydrogens is 218 g/mol. The summed E-state index contributed by atoms with van der Waals surface area (Å²) in [5, 5.41) is 2.86. The van der Waals surface area contributed by atoms with Gasteiger partial charge in [-0.15, -0.1) is 0 Å². The minimum Gasteiger partial charge on any atom is -0.449 e. The summed E-state index contributed by atoms with van der Waals surface area (Å²) in [6.07, 6.45) is 3.18. The number of carbonyl (C=O) groups is 2. The molecule has 0 heterocycles. The van der Waals surface area contributed by atoms with E-state index in [9.17, 15) is 9.59 Å². The van der Waals surface area contributed by atoms with Gasteiger partial charge in [0.05, 0.1) is 6.61 Å². The predicted octanol–water partition coefficient (Wildman–Crippen LogP) is 2.52. The van der Waals surface area contributed by atoms with Gasteiger partial charge < -0.3 is 10.1 Å². The molecule has 0 aromatic rings. The Balaban J connectivity index is 2.21. The van der Waals surface area contributed by atoms with Crippen LogP contribution in [0.5, 0.6) is 0 Å². The van der Waals surface area contributed by atoms with Crippen molar-refractivity contribution in [2.45, 2.75) is 52.5 Å². The van der Waals surface area contributed by atoms with Gasteiger partial charge in [0.2, 0.25) is 0 Å². The monoisotopic (exact) mass is 241 g/mol. The van der Waals surface area contributed by atoms with Crippen LogP contribution in [-0.4, -0.2) is 24.5 Å². The first-order valence-corrected chi connectivity index (χ1v) is 6.42. The van der Waals surface area contributed by atoms with Crippen LogP contribution < -0.4 is 5.32 Å². The third-order valence-electron chi connectivity index (χ3n) is 3.17. The number of nitrogens with one attached hydrogen (secondary N) is 1. The number of rotatable bonds is 4. The van der Waals surface area contributed by atoms with Crippen molar-refractivity contribution in [3.8, 4) is 0 Å². The van der Waals surface area contributed by atoms with E-state index in [-0.39, 0.29) is 23.8 Å². The summed E-state index contributed by atoms with van der Waals surface area (Å²) in [5.74, 6) is 0.819. The molecule has 1 N–H and O–H groups in total. The van der Waals surface area contributed by atoms with Crippen molar-refractivity contribution in [1.82, 2.24) is 5.32 Å². The molecule has 1 aliphatic rings. The maximum atomic E-state index is 11.4. The Kier molecular flexibility index (Phi) is 5.45. The molecule has 98 valence electrons. The molecular formula is C13H23NO3. The van der Waals surface area contributed by atoms with Crippen LogP contribution in [0.2, 0.25) is 0 Å². The lowest BCUT2D eigenvalue weighted by Crippen LogP contribution is -2.39. The zero-order valence-corrected chi connectivity index (χ0v) is 11.0. The van der Waals surface area contributed by atoms with Crippen LogP contribution in [0.4, 0.5) is 4.79 Å². The average Bonchev–Trinajstić information content (AvgIpc) is 2.27. The van der Waals surface area contributed by atoms with Crippen molar-refractivity contribution < 1.29 is 14.3 Å². The Bertz CT molecular complexity index is 268. The minimum absolute atomic E-state index is 0.172. The van der Waals surface area contributed by atoms with Crippen LogP contribution in [0.3, 0.4) is 0 Å². The number of hydrogen-bond donors (Lipinski definition) is 1. The molecule has 4 heteroatoms. The van der Waals surface area contributed by atoms with Gasteiger partial charge in [-0.1, -0.05) is 13.8 Å². The Morgan fingerprint density at radius 3 is 2.29 bits per heavy atom. The fourth-order valence-electron chi connectivity index (χ4n) is 2.09. The lowest BCUT2D eigenvalue weighted by atomic mass is 9.84. The number of Topliss-reactive ketones (excluding diaryl/α,β-unsaturated/α-hetero) is 1. The van der Waals surface area contributed by atoms with E-state index in [1.165, 1.54) is 0 Å². The zero-order valence-electron chi connectivity index (χ0n) is 11.0. The molecule has 0 bridgehead atoms. The van der Waals surface area contributed by atoms with Gasteiger partial charge in [0.15, 0.2) is 0 Å². The van der Waals surface area contributed by atoms with Crippen LogP contribution in [0.15, 0.2) is 0 Å². The van der Waals surface area contributed by atoms with E-state index in [1.807, 2.05) is 13.8 Å². The summed E-state index contributed by atoms with van der Waals surface area (Å²) in [4.78, 5) is 22.6. The standard InChI is InChI=1S/C13H23NO3/c1-9(2)8-17-13(16)14-12-6-4-11(5-7-12)10(3)15/h9,11-12H,4-8H2,1-3H3,(H,14,16)/t11-,12-. The lowest BCUT2D eigenvalue weighted by molar-refractivity contribution is -0.121. The van der Waals surface area contributed by atoms with Crippen molar-refractivity contribution in [3.05, 3.63) is 0 Å². The number of carbonyl (C=O) groups excluding carboxylic acids is 2. The molecule has 4 nitrogen and oxygen atoms in total. The van der Waals surface area contributed by atoms with Crippen LogP contribution >= 0.6 is 0 Å². The highest BCUT2D eigenvalue weighted by atomic mass is 16.5. The molecule has 1 saturated carbocycles. The molecule has 0 saturated heterocycles. The second-order valence-electron chi connectivity index (χ2n) is 5.30. The summed E-state index contributed by atoms with van der Waals surface area (Å²) in [6, 6.07) is 0.172. The molecule has 17 heavy (non-hydrogen) atoms. The highest BCUT2D eigenvalue weighted by molar-refractivity contribution is 5.78. The Morgan fingerprint density at radius 1 is 1.24 bits per heavy atom. The smallest absolute Gasteiger partial charge is 0.407 e. The third-order valence-corrected chi connectivity index (χ3v) is 3.17. The topological polar surface area (TPSA) is 55.4 Å². The highest BCUT2D eigenvalue weighted by Gasteiger charge is 2.25. The van der Waals surface area contributed by atoms with E-state index in [0.29, 0.717) is 12.5 Å². The van der Waals surface area contributed by atoms with Crippen LogP contribution in [0, 0.1) is 11.8 Å².